The predicted molar refractivity (Wildman–Crippen MR) is 65.5 cm³/mol. The molecule has 0 spiro atoms. The van der Waals surface area contributed by atoms with Crippen LogP contribution in [0.3, 0.4) is 0 Å². The van der Waals surface area contributed by atoms with E-state index in [4.69, 9.17) is 11.6 Å². The minimum Gasteiger partial charge on any atom is -0.317 e. The van der Waals surface area contributed by atoms with Gasteiger partial charge in [-0.3, -0.25) is 0 Å². The van der Waals surface area contributed by atoms with Crippen LogP contribution >= 0.6 is 22.9 Å². The molecule has 0 unspecified atom stereocenters. The van der Waals surface area contributed by atoms with E-state index < -0.39 is 0 Å². The molecule has 80 valence electrons. The number of aryl methyl sites for hydroxylation is 2. The lowest BCUT2D eigenvalue weighted by Crippen LogP contribution is -2.13. The first-order valence-corrected chi connectivity index (χ1v) is 6.39. The lowest BCUT2D eigenvalue weighted by Gasteiger charge is -1.99. The fraction of sp³-hybridized carbons (Fsp3) is 0.636. The highest BCUT2D eigenvalue weighted by molar-refractivity contribution is 7.16. The Morgan fingerprint density at radius 2 is 2.21 bits per heavy atom. The summed E-state index contributed by atoms with van der Waals surface area (Å²) in [6.07, 6.45) is 3.68. The van der Waals surface area contributed by atoms with E-state index in [9.17, 15) is 0 Å². The van der Waals surface area contributed by atoms with Gasteiger partial charge in [0.25, 0.3) is 0 Å². The Kier molecular flexibility index (Phi) is 5.53. The van der Waals surface area contributed by atoms with E-state index in [1.807, 2.05) is 0 Å². The van der Waals surface area contributed by atoms with Crippen LogP contribution in [0.1, 0.15) is 30.2 Å². The molecule has 1 rings (SSSR count). The summed E-state index contributed by atoms with van der Waals surface area (Å²) in [5.41, 5.74) is 1.22. The minimum atomic E-state index is 0.951. The second-order valence-corrected chi connectivity index (χ2v) is 5.22. The van der Waals surface area contributed by atoms with Crippen molar-refractivity contribution in [1.82, 2.24) is 5.32 Å². The molecule has 0 aliphatic heterocycles. The molecule has 0 atom stereocenters. The van der Waals surface area contributed by atoms with Gasteiger partial charge in [0, 0.05) is 4.88 Å². The molecule has 0 fully saturated rings. The molecule has 3 heteroatoms. The van der Waals surface area contributed by atoms with Crippen LogP contribution in [0.4, 0.5) is 0 Å². The summed E-state index contributed by atoms with van der Waals surface area (Å²) < 4.78 is 0.951. The average molecular weight is 232 g/mol. The molecule has 0 amide bonds. The average Bonchev–Trinajstić information content (AvgIpc) is 2.46. The minimum absolute atomic E-state index is 0.951. The third-order valence-corrected chi connectivity index (χ3v) is 3.80. The van der Waals surface area contributed by atoms with Gasteiger partial charge in [-0.15, -0.1) is 11.3 Å². The lowest BCUT2D eigenvalue weighted by atomic mass is 10.2. The van der Waals surface area contributed by atoms with Gasteiger partial charge in [-0.1, -0.05) is 18.5 Å². The number of hydrogen-bond donors (Lipinski definition) is 1. The second-order valence-electron chi connectivity index (χ2n) is 3.48. The SMILES string of the molecule is CCNCCCCc1cc(C)c(Cl)s1. The van der Waals surface area contributed by atoms with Crippen molar-refractivity contribution in [2.24, 2.45) is 0 Å². The van der Waals surface area contributed by atoms with Crippen LogP contribution in [0, 0.1) is 6.92 Å². The van der Waals surface area contributed by atoms with Gasteiger partial charge < -0.3 is 5.32 Å². The summed E-state index contributed by atoms with van der Waals surface area (Å²) >= 11 is 7.72. The van der Waals surface area contributed by atoms with Crippen molar-refractivity contribution in [2.75, 3.05) is 13.1 Å². The molecule has 0 saturated heterocycles. The van der Waals surface area contributed by atoms with Crippen LogP contribution in [0.2, 0.25) is 4.34 Å². The van der Waals surface area contributed by atoms with Crippen molar-refractivity contribution in [3.63, 3.8) is 0 Å². The quantitative estimate of drug-likeness (QED) is 0.738. The van der Waals surface area contributed by atoms with Gasteiger partial charge in [-0.05, 0) is 50.9 Å². The van der Waals surface area contributed by atoms with Crippen molar-refractivity contribution < 1.29 is 0 Å². The van der Waals surface area contributed by atoms with E-state index in [2.05, 4.69) is 25.2 Å². The van der Waals surface area contributed by atoms with Crippen molar-refractivity contribution in [1.29, 1.82) is 0 Å². The van der Waals surface area contributed by atoms with Crippen LogP contribution in [-0.2, 0) is 6.42 Å². The van der Waals surface area contributed by atoms with Crippen LogP contribution in [0.5, 0.6) is 0 Å². The molecule has 1 N–H and O–H groups in total. The number of nitrogens with one attached hydrogen (secondary N) is 1. The van der Waals surface area contributed by atoms with Gasteiger partial charge >= 0.3 is 0 Å². The van der Waals surface area contributed by atoms with E-state index >= 15 is 0 Å². The Morgan fingerprint density at radius 3 is 2.79 bits per heavy atom. The van der Waals surface area contributed by atoms with Crippen molar-refractivity contribution in [3.05, 3.63) is 20.8 Å². The molecule has 14 heavy (non-hydrogen) atoms. The third kappa shape index (κ3) is 3.99. The maximum absolute atomic E-state index is 6.00. The third-order valence-electron chi connectivity index (χ3n) is 2.18. The second kappa shape index (κ2) is 6.44. The summed E-state index contributed by atoms with van der Waals surface area (Å²) in [5.74, 6) is 0. The predicted octanol–water partition coefficient (Wildman–Crippen LogP) is 3.64. The first kappa shape index (κ1) is 12.0. The van der Waals surface area contributed by atoms with Crippen molar-refractivity contribution >= 4 is 22.9 Å². The number of hydrogen-bond acceptors (Lipinski definition) is 2. The summed E-state index contributed by atoms with van der Waals surface area (Å²) in [5, 5.41) is 3.33. The zero-order chi connectivity index (χ0) is 10.4. The Hall–Kier alpha value is -0.0500. The zero-order valence-corrected chi connectivity index (χ0v) is 10.5. The summed E-state index contributed by atoms with van der Waals surface area (Å²) in [7, 11) is 0. The van der Waals surface area contributed by atoms with E-state index in [0.717, 1.165) is 17.4 Å². The Balaban J connectivity index is 2.18. The lowest BCUT2D eigenvalue weighted by molar-refractivity contribution is 0.643. The molecule has 0 bridgehead atoms. The molecular formula is C11H18ClNS. The molecule has 0 saturated carbocycles. The van der Waals surface area contributed by atoms with Crippen LogP contribution in [0.25, 0.3) is 0 Å². The summed E-state index contributed by atoms with van der Waals surface area (Å²) in [6, 6.07) is 2.21. The molecule has 0 aliphatic rings. The number of rotatable bonds is 6. The Morgan fingerprint density at radius 1 is 1.43 bits per heavy atom. The Bertz CT molecular complexity index is 251. The molecular weight excluding hydrogens is 214 g/mol. The van der Waals surface area contributed by atoms with Gasteiger partial charge in [0.05, 0.1) is 4.34 Å². The highest BCUT2D eigenvalue weighted by Gasteiger charge is 2.02. The van der Waals surface area contributed by atoms with Gasteiger partial charge in [0.1, 0.15) is 0 Å². The van der Waals surface area contributed by atoms with Crippen molar-refractivity contribution in [2.45, 2.75) is 33.1 Å². The fourth-order valence-electron chi connectivity index (χ4n) is 1.37. The fourth-order valence-corrected chi connectivity index (χ4v) is 2.66. The van der Waals surface area contributed by atoms with Gasteiger partial charge in [-0.2, -0.15) is 0 Å². The molecule has 1 heterocycles. The van der Waals surface area contributed by atoms with Crippen LogP contribution in [-0.4, -0.2) is 13.1 Å². The zero-order valence-electron chi connectivity index (χ0n) is 8.90. The first-order chi connectivity index (χ1) is 6.74. The highest BCUT2D eigenvalue weighted by Crippen LogP contribution is 2.27. The molecule has 0 aliphatic carbocycles. The number of halogens is 1. The van der Waals surface area contributed by atoms with Gasteiger partial charge in [0.15, 0.2) is 0 Å². The highest BCUT2D eigenvalue weighted by atomic mass is 35.5. The standard InChI is InChI=1S/C11H18ClNS/c1-3-13-7-5-4-6-10-8-9(2)11(12)14-10/h8,13H,3-7H2,1-2H3. The van der Waals surface area contributed by atoms with Crippen LogP contribution in [0.15, 0.2) is 6.07 Å². The summed E-state index contributed by atoms with van der Waals surface area (Å²) in [4.78, 5) is 1.42. The Labute approximate surface area is 95.5 Å². The number of thiophene rings is 1. The largest absolute Gasteiger partial charge is 0.317 e. The van der Waals surface area contributed by atoms with E-state index in [1.54, 1.807) is 11.3 Å². The van der Waals surface area contributed by atoms with Crippen molar-refractivity contribution in [3.8, 4) is 0 Å². The summed E-state index contributed by atoms with van der Waals surface area (Å²) in [6.45, 7) is 6.42. The maximum Gasteiger partial charge on any atom is 0.0960 e. The number of unbranched alkanes of at least 4 members (excludes halogenated alkanes) is 1. The maximum atomic E-state index is 6.00. The molecule has 1 aromatic heterocycles. The van der Waals surface area contributed by atoms with Crippen LogP contribution < -0.4 is 5.32 Å². The van der Waals surface area contributed by atoms with E-state index in [1.165, 1.54) is 29.7 Å². The normalized spacial score (nSPS) is 10.8. The van der Waals surface area contributed by atoms with Gasteiger partial charge in [-0.25, -0.2) is 0 Å². The molecule has 0 radical (unpaired) electrons. The first-order valence-electron chi connectivity index (χ1n) is 5.19. The monoisotopic (exact) mass is 231 g/mol. The molecule has 1 aromatic rings. The topological polar surface area (TPSA) is 12.0 Å². The molecule has 0 aromatic carbocycles. The molecule has 1 nitrogen and oxygen atoms in total. The van der Waals surface area contributed by atoms with E-state index in [0.29, 0.717) is 0 Å². The van der Waals surface area contributed by atoms with E-state index in [-0.39, 0.29) is 0 Å². The smallest absolute Gasteiger partial charge is 0.0960 e. The van der Waals surface area contributed by atoms with Gasteiger partial charge in [0.2, 0.25) is 0 Å².